The van der Waals surface area contributed by atoms with E-state index < -0.39 is 11.2 Å². The summed E-state index contributed by atoms with van der Waals surface area (Å²) in [5.74, 6) is 4.61. The van der Waals surface area contributed by atoms with Crippen LogP contribution in [0.2, 0.25) is 0 Å². The smallest absolute Gasteiger partial charge is 0.157 e. The lowest BCUT2D eigenvalue weighted by molar-refractivity contribution is -0.128. The number of hydrogen-bond donors (Lipinski definition) is 2. The number of hydrogen-bond acceptors (Lipinski definition) is 8. The highest BCUT2D eigenvalue weighted by Gasteiger charge is 2.61. The zero-order chi connectivity index (χ0) is 44.9. The van der Waals surface area contributed by atoms with Crippen LogP contribution >= 0.6 is 0 Å². The van der Waals surface area contributed by atoms with Gasteiger partial charge in [-0.1, -0.05) is 89.1 Å². The van der Waals surface area contributed by atoms with E-state index in [4.69, 9.17) is 0 Å². The van der Waals surface area contributed by atoms with Gasteiger partial charge in [0.15, 0.2) is 11.6 Å². The van der Waals surface area contributed by atoms with E-state index in [9.17, 15) is 19.8 Å². The number of rotatable bonds is 6. The maximum absolute atomic E-state index is 13.2. The first-order valence-corrected chi connectivity index (χ1v) is 25.1. The molecule has 344 valence electrons. The predicted molar refractivity (Wildman–Crippen MR) is 244 cm³/mol. The van der Waals surface area contributed by atoms with Crippen molar-refractivity contribution in [3.05, 3.63) is 48.1 Å². The van der Waals surface area contributed by atoms with Crippen molar-refractivity contribution in [3.63, 3.8) is 0 Å². The van der Waals surface area contributed by atoms with E-state index in [-0.39, 0.29) is 33.5 Å². The highest BCUT2D eigenvalue weighted by molar-refractivity contribution is 5.82. The summed E-state index contributed by atoms with van der Waals surface area (Å²) in [5, 5.41) is 37.0. The summed E-state index contributed by atoms with van der Waals surface area (Å²) in [6, 6.07) is 0. The Morgan fingerprint density at radius 3 is 1.32 bits per heavy atom. The topological polar surface area (TPSA) is 136 Å². The van der Waals surface area contributed by atoms with E-state index >= 15 is 0 Å². The maximum atomic E-state index is 13.2. The minimum atomic E-state index is -0.493. The molecule has 2 aromatic rings. The molecule has 6 saturated carbocycles. The van der Waals surface area contributed by atoms with Gasteiger partial charge in [0.1, 0.15) is 13.1 Å². The van der Waals surface area contributed by atoms with Gasteiger partial charge in [-0.15, -0.1) is 10.2 Å². The third-order valence-electron chi connectivity index (χ3n) is 19.0. The van der Waals surface area contributed by atoms with Crippen molar-refractivity contribution in [2.45, 2.75) is 196 Å². The highest BCUT2D eigenvalue weighted by atomic mass is 16.3. The first-order chi connectivity index (χ1) is 29.5. The van der Waals surface area contributed by atoms with E-state index in [1.54, 1.807) is 45.3 Å². The van der Waals surface area contributed by atoms with Gasteiger partial charge in [0.2, 0.25) is 0 Å². The molecule has 14 atom stereocenters. The summed E-state index contributed by atoms with van der Waals surface area (Å²) < 4.78 is 3.34. The number of carbonyl (C=O) groups excluding carboxylic acids is 2. The van der Waals surface area contributed by atoms with Crippen molar-refractivity contribution in [3.8, 4) is 0 Å². The van der Waals surface area contributed by atoms with Crippen LogP contribution in [0.25, 0.3) is 0 Å². The molecule has 0 spiro atoms. The largest absolute Gasteiger partial charge is 0.390 e. The fourth-order valence-corrected chi connectivity index (χ4v) is 15.6. The maximum Gasteiger partial charge on any atom is 0.157 e. The molecule has 0 bridgehead atoms. The van der Waals surface area contributed by atoms with Gasteiger partial charge in [-0.25, -0.2) is 9.36 Å². The molecule has 8 aliphatic rings. The fourth-order valence-electron chi connectivity index (χ4n) is 15.6. The summed E-state index contributed by atoms with van der Waals surface area (Å²) in [6.45, 7) is 22.4. The monoisotopic (exact) mass is 855 g/mol. The average molecular weight is 855 g/mol. The van der Waals surface area contributed by atoms with Crippen LogP contribution < -0.4 is 0 Å². The van der Waals surface area contributed by atoms with Gasteiger partial charge >= 0.3 is 0 Å². The van der Waals surface area contributed by atoms with E-state index in [0.29, 0.717) is 60.2 Å². The predicted octanol–water partition coefficient (Wildman–Crippen LogP) is 10.4. The van der Waals surface area contributed by atoms with E-state index in [1.807, 2.05) is 41.5 Å². The molecule has 0 radical (unpaired) electrons. The quantitative estimate of drug-likeness (QED) is 0.274. The van der Waals surface area contributed by atoms with Crippen molar-refractivity contribution >= 4 is 11.6 Å². The third kappa shape index (κ3) is 8.28. The van der Waals surface area contributed by atoms with E-state index in [1.165, 1.54) is 38.5 Å². The highest BCUT2D eigenvalue weighted by Crippen LogP contribution is 2.68. The molecule has 10 nitrogen and oxygen atoms in total. The van der Waals surface area contributed by atoms with Gasteiger partial charge in [0.05, 0.1) is 23.6 Å². The second-order valence-electron chi connectivity index (χ2n) is 22.3. The Morgan fingerprint density at radius 2 is 0.968 bits per heavy atom. The number of aliphatic hydroxyl groups is 2. The molecule has 10 rings (SSSR count). The van der Waals surface area contributed by atoms with Crippen molar-refractivity contribution in [1.82, 2.24) is 30.0 Å². The zero-order valence-corrected chi connectivity index (χ0v) is 40.2. The minimum absolute atomic E-state index is 0.0786. The minimum Gasteiger partial charge on any atom is -0.390 e. The van der Waals surface area contributed by atoms with E-state index in [0.717, 1.165) is 64.2 Å². The molecule has 0 saturated heterocycles. The summed E-state index contributed by atoms with van der Waals surface area (Å²) in [4.78, 5) is 26.3. The van der Waals surface area contributed by atoms with Crippen molar-refractivity contribution in [2.75, 3.05) is 0 Å². The first-order valence-electron chi connectivity index (χ1n) is 25.1. The summed E-state index contributed by atoms with van der Waals surface area (Å²) in [6.07, 6.45) is 29.1. The molecule has 2 aromatic heterocycles. The van der Waals surface area contributed by atoms with Crippen LogP contribution in [0.3, 0.4) is 0 Å². The second kappa shape index (κ2) is 17.8. The van der Waals surface area contributed by atoms with Gasteiger partial charge in [-0.2, -0.15) is 0 Å². The van der Waals surface area contributed by atoms with Crippen molar-refractivity contribution in [2.24, 2.45) is 69.0 Å². The summed E-state index contributed by atoms with van der Waals surface area (Å²) >= 11 is 0. The normalized spacial score (nSPS) is 43.6. The number of nitrogens with zero attached hydrogens (tertiary/aromatic N) is 6. The van der Waals surface area contributed by atoms with Crippen LogP contribution in [0.4, 0.5) is 0 Å². The van der Waals surface area contributed by atoms with Crippen LogP contribution in [-0.4, -0.2) is 63.0 Å². The molecule has 0 unspecified atom stereocenters. The lowest BCUT2D eigenvalue weighted by atomic mass is 9.47. The molecule has 10 heteroatoms. The van der Waals surface area contributed by atoms with Crippen LogP contribution in [-0.2, 0) is 22.7 Å². The fraction of sp³-hybridized carbons (Fsp3) is 0.808. The molecular formula is C52H82N6O4. The molecule has 6 fully saturated rings. The lowest BCUT2D eigenvalue weighted by Gasteiger charge is -2.58. The van der Waals surface area contributed by atoms with Crippen LogP contribution in [0.15, 0.2) is 48.1 Å². The molecule has 62 heavy (non-hydrogen) atoms. The first kappa shape index (κ1) is 47.0. The molecule has 0 aromatic carbocycles. The standard InChI is InChI=1S/2C24H35N3O2.2C2H6/c2*1-22(29)10-11-23(2)16(14-22)4-5-17-18-6-7-20(24(18,3)9-8-19(17)23)21(28)15-27-13-12-25-26-27;2*1-2/h2*8,12-13,16-18,20,29H,4-7,9-11,14-15H2,1-3H3;2*1-2H3/t16-,17+,18+,20-,22-,23+,24+;16-,17-,18-,20+,22+,23-,24-;;/m10../s1. The number of allylic oxidation sites excluding steroid dienone is 4. The Hall–Kier alpha value is -2.98. The molecule has 8 aliphatic carbocycles. The molecule has 2 heterocycles. The van der Waals surface area contributed by atoms with E-state index in [2.05, 4.69) is 60.5 Å². The van der Waals surface area contributed by atoms with Gasteiger partial charge in [0.25, 0.3) is 0 Å². The van der Waals surface area contributed by atoms with Gasteiger partial charge in [0, 0.05) is 24.2 Å². The van der Waals surface area contributed by atoms with Gasteiger partial charge < -0.3 is 10.2 Å². The molecule has 0 aliphatic heterocycles. The molecular weight excluding hydrogens is 773 g/mol. The van der Waals surface area contributed by atoms with Gasteiger partial charge in [-0.05, 0) is 174 Å². The number of carbonyl (C=O) groups is 2. The Labute approximate surface area is 373 Å². The van der Waals surface area contributed by atoms with Crippen molar-refractivity contribution in [1.29, 1.82) is 0 Å². The SMILES string of the molecule is CC.CC.C[C@@]1(O)CC[C@]2(C)C3=CC[C@]4(C)[C@@H](C(=O)Cn5ccnn5)CC[C@H]4[C@@H]3CC[C@@H]2C1.C[C@@]1(O)CC[C@]2(C)C3=CC[C@]4(C)[C@@H](C(=O)Cn5ccnn5)CC[C@H]4[C@@H]3CC[C@H]2C1. The zero-order valence-electron chi connectivity index (χ0n) is 40.2. The number of ketones is 2. The molecule has 0 amide bonds. The van der Waals surface area contributed by atoms with Gasteiger partial charge in [-0.3, -0.25) is 9.59 Å². The Bertz CT molecular complexity index is 1800. The lowest BCUT2D eigenvalue weighted by Crippen LogP contribution is -2.51. The summed E-state index contributed by atoms with van der Waals surface area (Å²) in [5.41, 5.74) is 3.02. The number of Topliss-reactive ketones (excluding diaryl/α,β-unsaturated/α-hetero) is 2. The Kier molecular flexibility index (Phi) is 13.5. The van der Waals surface area contributed by atoms with Crippen LogP contribution in [0.1, 0.15) is 172 Å². The molecule has 2 N–H and O–H groups in total. The van der Waals surface area contributed by atoms with Crippen molar-refractivity contribution < 1.29 is 19.8 Å². The van der Waals surface area contributed by atoms with Crippen LogP contribution in [0.5, 0.6) is 0 Å². The second-order valence-corrected chi connectivity index (χ2v) is 22.3. The third-order valence-corrected chi connectivity index (χ3v) is 19.0. The number of fused-ring (bicyclic) bond motifs is 10. The Morgan fingerprint density at radius 1 is 0.581 bits per heavy atom. The Balaban J connectivity index is 0.000000173. The van der Waals surface area contributed by atoms with Crippen LogP contribution in [0, 0.1) is 69.0 Å². The number of aromatic nitrogens is 6. The summed E-state index contributed by atoms with van der Waals surface area (Å²) in [7, 11) is 0. The average Bonchev–Trinajstić information content (AvgIpc) is 4.07.